The lowest BCUT2D eigenvalue weighted by atomic mass is 9.53. The Balaban J connectivity index is 1.22. The highest BCUT2D eigenvalue weighted by molar-refractivity contribution is 5.69. The lowest BCUT2D eigenvalue weighted by Gasteiger charge is -2.57. The van der Waals surface area contributed by atoms with Crippen LogP contribution in [0.5, 0.6) is 0 Å². The van der Waals surface area contributed by atoms with E-state index in [0.717, 1.165) is 43.9 Å². The molecule has 0 N–H and O–H groups in total. The second-order valence-corrected chi connectivity index (χ2v) is 9.26. The monoisotopic (exact) mass is 350 g/mol. The zero-order valence-corrected chi connectivity index (χ0v) is 15.2. The van der Waals surface area contributed by atoms with Crippen molar-refractivity contribution < 1.29 is 24.0 Å². The standard InChI is InChI=1S/C20H30O5/c1-22-18(21)3-2-13-4-6-19(7-5-13)23-20(25-24-19)16-9-14-8-15(11-16)12-17(20)10-14/h13-17H,2-12H2,1H3. The van der Waals surface area contributed by atoms with Crippen molar-refractivity contribution >= 4 is 5.97 Å². The van der Waals surface area contributed by atoms with Crippen molar-refractivity contribution in [1.29, 1.82) is 0 Å². The van der Waals surface area contributed by atoms with Gasteiger partial charge in [0.2, 0.25) is 11.6 Å². The van der Waals surface area contributed by atoms with Gasteiger partial charge >= 0.3 is 5.97 Å². The first-order valence-corrected chi connectivity index (χ1v) is 10.2. The van der Waals surface area contributed by atoms with Gasteiger partial charge in [0.1, 0.15) is 0 Å². The number of rotatable bonds is 3. The molecule has 140 valence electrons. The summed E-state index contributed by atoms with van der Waals surface area (Å²) in [5, 5.41) is 0. The quantitative estimate of drug-likeness (QED) is 0.570. The van der Waals surface area contributed by atoms with Crippen molar-refractivity contribution in [3.63, 3.8) is 0 Å². The van der Waals surface area contributed by atoms with Crippen LogP contribution in [0.25, 0.3) is 0 Å². The zero-order valence-electron chi connectivity index (χ0n) is 15.2. The molecule has 0 unspecified atom stereocenters. The maximum Gasteiger partial charge on any atom is 0.305 e. The molecule has 1 aliphatic heterocycles. The Bertz CT molecular complexity index is 508. The fourth-order valence-electron chi connectivity index (χ4n) is 6.63. The Morgan fingerprint density at radius 3 is 2.24 bits per heavy atom. The molecule has 5 nitrogen and oxygen atoms in total. The van der Waals surface area contributed by atoms with Crippen LogP contribution in [-0.2, 0) is 24.0 Å². The largest absolute Gasteiger partial charge is 0.469 e. The number of hydrogen-bond acceptors (Lipinski definition) is 5. The van der Waals surface area contributed by atoms with Gasteiger partial charge in [0, 0.05) is 31.1 Å². The van der Waals surface area contributed by atoms with Crippen LogP contribution >= 0.6 is 0 Å². The van der Waals surface area contributed by atoms with Crippen LogP contribution in [0, 0.1) is 29.6 Å². The Morgan fingerprint density at radius 2 is 1.64 bits per heavy atom. The van der Waals surface area contributed by atoms with Gasteiger partial charge < -0.3 is 9.47 Å². The minimum Gasteiger partial charge on any atom is -0.469 e. The first kappa shape index (κ1) is 16.5. The van der Waals surface area contributed by atoms with Gasteiger partial charge in [0.05, 0.1) is 7.11 Å². The van der Waals surface area contributed by atoms with E-state index in [1.165, 1.54) is 39.2 Å². The van der Waals surface area contributed by atoms with Crippen molar-refractivity contribution in [3.8, 4) is 0 Å². The third-order valence-electron chi connectivity index (χ3n) is 7.80. The van der Waals surface area contributed by atoms with Crippen molar-refractivity contribution in [2.75, 3.05) is 7.11 Å². The molecular formula is C20H30O5. The molecule has 5 aliphatic carbocycles. The zero-order chi connectivity index (χ0) is 17.1. The second kappa shape index (κ2) is 5.93. The van der Waals surface area contributed by atoms with E-state index < -0.39 is 11.6 Å². The van der Waals surface area contributed by atoms with Gasteiger partial charge in [-0.25, -0.2) is 0 Å². The number of carbonyl (C=O) groups is 1. The molecule has 2 spiro atoms. The molecule has 0 atom stereocenters. The van der Waals surface area contributed by atoms with E-state index in [1.54, 1.807) is 0 Å². The SMILES string of the molecule is COC(=O)CCC1CCC2(CC1)OOC1(O2)C2CC3CC(C2)CC1C3. The maximum atomic E-state index is 11.4. The molecule has 6 rings (SSSR count). The molecule has 0 aromatic heterocycles. The van der Waals surface area contributed by atoms with E-state index in [2.05, 4.69) is 0 Å². The van der Waals surface area contributed by atoms with E-state index in [-0.39, 0.29) is 5.97 Å². The first-order valence-electron chi connectivity index (χ1n) is 10.2. The van der Waals surface area contributed by atoms with E-state index in [9.17, 15) is 4.79 Å². The van der Waals surface area contributed by atoms with Crippen LogP contribution in [0.1, 0.15) is 70.6 Å². The topological polar surface area (TPSA) is 54.0 Å². The molecule has 25 heavy (non-hydrogen) atoms. The lowest BCUT2D eigenvalue weighted by molar-refractivity contribution is -0.390. The normalized spacial score (nSPS) is 50.7. The third kappa shape index (κ3) is 2.65. The maximum absolute atomic E-state index is 11.4. The molecule has 5 saturated carbocycles. The average Bonchev–Trinajstić information content (AvgIpc) is 2.99. The predicted molar refractivity (Wildman–Crippen MR) is 89.0 cm³/mol. The summed E-state index contributed by atoms with van der Waals surface area (Å²) in [6, 6.07) is 0. The summed E-state index contributed by atoms with van der Waals surface area (Å²) in [6.07, 6.45) is 11.7. The summed E-state index contributed by atoms with van der Waals surface area (Å²) < 4.78 is 11.5. The molecule has 0 aromatic carbocycles. The van der Waals surface area contributed by atoms with Crippen molar-refractivity contribution in [1.82, 2.24) is 0 Å². The summed E-state index contributed by atoms with van der Waals surface area (Å²) in [5.74, 6) is 2.32. The summed E-state index contributed by atoms with van der Waals surface area (Å²) in [7, 11) is 1.46. The third-order valence-corrected chi connectivity index (χ3v) is 7.80. The van der Waals surface area contributed by atoms with Crippen molar-refractivity contribution in [2.45, 2.75) is 82.2 Å². The highest BCUT2D eigenvalue weighted by Gasteiger charge is 2.66. The Kier molecular flexibility index (Phi) is 3.92. The molecule has 6 aliphatic rings. The Hall–Kier alpha value is -0.650. The molecule has 0 aromatic rings. The van der Waals surface area contributed by atoms with Crippen LogP contribution in [-0.4, -0.2) is 24.7 Å². The molecule has 0 amide bonds. The van der Waals surface area contributed by atoms with E-state index >= 15 is 0 Å². The van der Waals surface area contributed by atoms with Gasteiger partial charge in [0.25, 0.3) is 0 Å². The van der Waals surface area contributed by atoms with Gasteiger partial charge in [-0.1, -0.05) is 0 Å². The Labute approximate surface area is 149 Å². The van der Waals surface area contributed by atoms with Gasteiger partial charge in [-0.3, -0.25) is 4.79 Å². The molecule has 4 bridgehead atoms. The summed E-state index contributed by atoms with van der Waals surface area (Å²) in [6.45, 7) is 0. The Morgan fingerprint density at radius 1 is 1.00 bits per heavy atom. The van der Waals surface area contributed by atoms with Crippen LogP contribution in [0.4, 0.5) is 0 Å². The van der Waals surface area contributed by atoms with Gasteiger partial charge in [0.15, 0.2) is 0 Å². The minimum absolute atomic E-state index is 0.107. The minimum atomic E-state index is -0.531. The molecule has 1 saturated heterocycles. The van der Waals surface area contributed by atoms with Crippen molar-refractivity contribution in [2.24, 2.45) is 29.6 Å². The first-order chi connectivity index (χ1) is 12.1. The fraction of sp³-hybridized carbons (Fsp3) is 0.950. The van der Waals surface area contributed by atoms with Gasteiger partial charge in [-0.15, -0.1) is 0 Å². The number of esters is 1. The number of methoxy groups -OCH3 is 1. The van der Waals surface area contributed by atoms with Gasteiger partial charge in [-0.05, 0) is 69.1 Å². The highest BCUT2D eigenvalue weighted by Crippen LogP contribution is 2.63. The average molecular weight is 350 g/mol. The fourth-order valence-corrected chi connectivity index (χ4v) is 6.63. The predicted octanol–water partition coefficient (Wildman–Crippen LogP) is 3.96. The lowest BCUT2D eigenvalue weighted by Crippen LogP contribution is -2.59. The highest BCUT2D eigenvalue weighted by atomic mass is 17.3. The summed E-state index contributed by atoms with van der Waals surface area (Å²) in [4.78, 5) is 23.4. The van der Waals surface area contributed by atoms with Crippen LogP contribution in [0.2, 0.25) is 0 Å². The summed E-state index contributed by atoms with van der Waals surface area (Å²) >= 11 is 0. The molecular weight excluding hydrogens is 320 g/mol. The van der Waals surface area contributed by atoms with Crippen LogP contribution < -0.4 is 0 Å². The van der Waals surface area contributed by atoms with E-state index in [0.29, 0.717) is 24.2 Å². The van der Waals surface area contributed by atoms with Crippen LogP contribution in [0.3, 0.4) is 0 Å². The number of carbonyl (C=O) groups excluding carboxylic acids is 1. The molecule has 1 heterocycles. The van der Waals surface area contributed by atoms with Crippen molar-refractivity contribution in [3.05, 3.63) is 0 Å². The van der Waals surface area contributed by atoms with E-state index in [4.69, 9.17) is 19.2 Å². The smallest absolute Gasteiger partial charge is 0.305 e. The molecule has 6 fully saturated rings. The molecule has 0 radical (unpaired) electrons. The number of ether oxygens (including phenoxy) is 2. The van der Waals surface area contributed by atoms with Crippen LogP contribution in [0.15, 0.2) is 0 Å². The molecule has 5 heteroatoms. The van der Waals surface area contributed by atoms with Gasteiger partial charge in [-0.2, -0.15) is 9.78 Å². The van der Waals surface area contributed by atoms with E-state index in [1.807, 2.05) is 0 Å². The second-order valence-electron chi connectivity index (χ2n) is 9.26. The summed E-state index contributed by atoms with van der Waals surface area (Å²) in [5.41, 5.74) is 0. The number of hydrogen-bond donors (Lipinski definition) is 0.